The first-order valence-corrected chi connectivity index (χ1v) is 13.1. The van der Waals surface area contributed by atoms with Gasteiger partial charge >= 0.3 is 11.9 Å². The molecule has 0 spiro atoms. The molecule has 0 saturated heterocycles. The van der Waals surface area contributed by atoms with Crippen LogP contribution >= 0.6 is 0 Å². The molecular weight excluding hydrogens is 526 g/mol. The van der Waals surface area contributed by atoms with Gasteiger partial charge in [0.1, 0.15) is 18.1 Å². The van der Waals surface area contributed by atoms with Gasteiger partial charge in [0.25, 0.3) is 0 Å². The standard InChI is InChI=1S/C31H33N3O7/c1-6-38-31(36)22(4)40-29-23(8-7-9-27(29)37-5)18-32-33-30(35)28-17-16-26(41-28)19-39-25-14-12-24(13-15-25)34-20(2)10-11-21(34)3/h7-18,22H,6,19H2,1-5H3,(H,33,35)/t22-/m1/s1. The van der Waals surface area contributed by atoms with Gasteiger partial charge in [0, 0.05) is 22.6 Å². The predicted octanol–water partition coefficient (Wildman–Crippen LogP) is 5.37. The molecule has 2 heterocycles. The van der Waals surface area contributed by atoms with E-state index in [-0.39, 0.29) is 24.7 Å². The number of esters is 1. The molecule has 1 N–H and O–H groups in total. The number of benzene rings is 2. The highest BCUT2D eigenvalue weighted by Crippen LogP contribution is 2.31. The normalized spacial score (nSPS) is 11.7. The Balaban J connectivity index is 1.34. The summed E-state index contributed by atoms with van der Waals surface area (Å²) < 4.78 is 29.8. The first-order chi connectivity index (χ1) is 19.8. The molecule has 1 amide bonds. The highest BCUT2D eigenvalue weighted by atomic mass is 16.6. The van der Waals surface area contributed by atoms with Gasteiger partial charge in [-0.25, -0.2) is 10.2 Å². The Morgan fingerprint density at radius 3 is 2.44 bits per heavy atom. The van der Waals surface area contributed by atoms with E-state index in [1.165, 1.54) is 13.3 Å². The molecule has 0 bridgehead atoms. The number of carbonyl (C=O) groups is 2. The molecular formula is C31H33N3O7. The number of nitrogens with zero attached hydrogens (tertiary/aromatic N) is 2. The zero-order valence-corrected chi connectivity index (χ0v) is 23.7. The zero-order valence-electron chi connectivity index (χ0n) is 23.7. The maximum atomic E-state index is 12.6. The van der Waals surface area contributed by atoms with Crippen molar-refractivity contribution >= 4 is 18.1 Å². The summed E-state index contributed by atoms with van der Waals surface area (Å²) in [6, 6.07) is 20.3. The molecule has 2 aromatic heterocycles. The summed E-state index contributed by atoms with van der Waals surface area (Å²) in [6.07, 6.45) is 0.517. The molecule has 0 aliphatic rings. The van der Waals surface area contributed by atoms with E-state index in [0.717, 1.165) is 17.1 Å². The lowest BCUT2D eigenvalue weighted by Crippen LogP contribution is -2.26. The first-order valence-electron chi connectivity index (χ1n) is 13.1. The molecule has 10 nitrogen and oxygen atoms in total. The van der Waals surface area contributed by atoms with Crippen molar-refractivity contribution in [2.75, 3.05) is 13.7 Å². The second-order valence-electron chi connectivity index (χ2n) is 9.09. The number of furan rings is 1. The minimum Gasteiger partial charge on any atom is -0.493 e. The Morgan fingerprint density at radius 1 is 1.02 bits per heavy atom. The SMILES string of the molecule is CCOC(=O)[C@@H](C)Oc1c(C=NNC(=O)c2ccc(COc3ccc(-n4c(C)ccc4C)cc3)o2)cccc1OC. The second-order valence-corrected chi connectivity index (χ2v) is 9.09. The fourth-order valence-corrected chi connectivity index (χ4v) is 4.12. The third-order valence-corrected chi connectivity index (χ3v) is 6.14. The number of rotatable bonds is 12. The van der Waals surface area contributed by atoms with Crippen molar-refractivity contribution in [2.24, 2.45) is 5.10 Å². The van der Waals surface area contributed by atoms with Crippen LogP contribution in [0.4, 0.5) is 0 Å². The molecule has 0 radical (unpaired) electrons. The van der Waals surface area contributed by atoms with Crippen molar-refractivity contribution in [3.8, 4) is 22.9 Å². The topological polar surface area (TPSA) is 114 Å². The monoisotopic (exact) mass is 559 g/mol. The van der Waals surface area contributed by atoms with Crippen molar-refractivity contribution < 1.29 is 33.0 Å². The molecule has 0 aliphatic carbocycles. The average molecular weight is 560 g/mol. The minimum absolute atomic E-state index is 0.0766. The van der Waals surface area contributed by atoms with Crippen LogP contribution in [0.5, 0.6) is 17.2 Å². The summed E-state index contributed by atoms with van der Waals surface area (Å²) in [6.45, 7) is 7.81. The number of amides is 1. The third kappa shape index (κ3) is 7.16. The molecule has 0 fully saturated rings. The number of nitrogens with one attached hydrogen (secondary N) is 1. The van der Waals surface area contributed by atoms with Gasteiger partial charge in [-0.1, -0.05) is 6.07 Å². The quantitative estimate of drug-likeness (QED) is 0.141. The maximum absolute atomic E-state index is 12.6. The van der Waals surface area contributed by atoms with Crippen molar-refractivity contribution in [1.29, 1.82) is 0 Å². The predicted molar refractivity (Wildman–Crippen MR) is 153 cm³/mol. The lowest BCUT2D eigenvalue weighted by atomic mass is 10.2. The second kappa shape index (κ2) is 13.4. The Labute approximate surface area is 238 Å². The number of methoxy groups -OCH3 is 1. The fourth-order valence-electron chi connectivity index (χ4n) is 4.12. The van der Waals surface area contributed by atoms with Crippen molar-refractivity contribution in [3.05, 3.63) is 95.2 Å². The number of para-hydroxylation sites is 1. The summed E-state index contributed by atoms with van der Waals surface area (Å²) in [5.41, 5.74) is 6.28. The van der Waals surface area contributed by atoms with E-state index >= 15 is 0 Å². The third-order valence-electron chi connectivity index (χ3n) is 6.14. The number of ether oxygens (including phenoxy) is 4. The number of hydrogen-bond acceptors (Lipinski definition) is 8. The molecule has 0 unspecified atom stereocenters. The first kappa shape index (κ1) is 29.0. The molecule has 41 heavy (non-hydrogen) atoms. The van der Waals surface area contributed by atoms with Crippen LogP contribution < -0.4 is 19.6 Å². The number of aromatic nitrogens is 1. The van der Waals surface area contributed by atoms with E-state index in [0.29, 0.717) is 22.8 Å². The number of hydrogen-bond donors (Lipinski definition) is 1. The highest BCUT2D eigenvalue weighted by Gasteiger charge is 2.20. The minimum atomic E-state index is -0.873. The van der Waals surface area contributed by atoms with Gasteiger partial charge < -0.3 is 27.9 Å². The number of aryl methyl sites for hydroxylation is 2. The molecule has 214 valence electrons. The molecule has 2 aromatic carbocycles. The fraction of sp³-hybridized carbons (Fsp3) is 0.258. The average Bonchev–Trinajstić information content (AvgIpc) is 3.59. The van der Waals surface area contributed by atoms with Crippen LogP contribution in [0.25, 0.3) is 5.69 Å². The smallest absolute Gasteiger partial charge is 0.347 e. The van der Waals surface area contributed by atoms with Crippen LogP contribution in [0, 0.1) is 13.8 Å². The molecule has 4 rings (SSSR count). The molecule has 0 saturated carbocycles. The Bertz CT molecular complexity index is 1500. The maximum Gasteiger partial charge on any atom is 0.347 e. The van der Waals surface area contributed by atoms with E-state index in [1.807, 2.05) is 24.3 Å². The summed E-state index contributed by atoms with van der Waals surface area (Å²) >= 11 is 0. The van der Waals surface area contributed by atoms with E-state index < -0.39 is 18.0 Å². The van der Waals surface area contributed by atoms with Crippen LogP contribution in [-0.2, 0) is 16.1 Å². The van der Waals surface area contributed by atoms with Gasteiger partial charge in [-0.2, -0.15) is 5.10 Å². The Hall–Kier alpha value is -4.99. The van der Waals surface area contributed by atoms with E-state index in [1.54, 1.807) is 44.2 Å². The van der Waals surface area contributed by atoms with Crippen molar-refractivity contribution in [3.63, 3.8) is 0 Å². The number of carbonyl (C=O) groups excluding carboxylic acids is 2. The van der Waals surface area contributed by atoms with E-state index in [9.17, 15) is 9.59 Å². The van der Waals surface area contributed by atoms with Crippen LogP contribution in [-0.4, -0.2) is 42.5 Å². The Kier molecular flexibility index (Phi) is 9.47. The van der Waals surface area contributed by atoms with Crippen LogP contribution in [0.1, 0.15) is 47.1 Å². The summed E-state index contributed by atoms with van der Waals surface area (Å²) in [5.74, 6) is 0.876. The van der Waals surface area contributed by atoms with Gasteiger partial charge in [0.05, 0.1) is 19.9 Å². The molecule has 10 heteroatoms. The Morgan fingerprint density at radius 2 is 1.76 bits per heavy atom. The largest absolute Gasteiger partial charge is 0.493 e. The van der Waals surface area contributed by atoms with E-state index in [2.05, 4.69) is 41.1 Å². The highest BCUT2D eigenvalue weighted by molar-refractivity contribution is 5.93. The van der Waals surface area contributed by atoms with E-state index in [4.69, 9.17) is 23.4 Å². The zero-order chi connectivity index (χ0) is 29.4. The van der Waals surface area contributed by atoms with Gasteiger partial charge in [0.2, 0.25) is 0 Å². The number of hydrazone groups is 1. The lowest BCUT2D eigenvalue weighted by Gasteiger charge is -2.17. The van der Waals surface area contributed by atoms with Crippen LogP contribution in [0.3, 0.4) is 0 Å². The van der Waals surface area contributed by atoms with Crippen molar-refractivity contribution in [1.82, 2.24) is 9.99 Å². The van der Waals surface area contributed by atoms with Gasteiger partial charge in [0.15, 0.2) is 23.4 Å². The van der Waals surface area contributed by atoms with Gasteiger partial charge in [-0.05, 0) is 88.4 Å². The van der Waals surface area contributed by atoms with Crippen molar-refractivity contribution in [2.45, 2.75) is 40.4 Å². The van der Waals surface area contributed by atoms with Gasteiger partial charge in [-0.15, -0.1) is 0 Å². The summed E-state index contributed by atoms with van der Waals surface area (Å²) in [5, 5.41) is 4.02. The molecule has 0 aliphatic heterocycles. The summed E-state index contributed by atoms with van der Waals surface area (Å²) in [4.78, 5) is 24.6. The van der Waals surface area contributed by atoms with Gasteiger partial charge in [-0.3, -0.25) is 4.79 Å². The lowest BCUT2D eigenvalue weighted by molar-refractivity contribution is -0.150. The molecule has 4 aromatic rings. The van der Waals surface area contributed by atoms with Crippen LogP contribution in [0.15, 0.2) is 76.2 Å². The summed E-state index contributed by atoms with van der Waals surface area (Å²) in [7, 11) is 1.48. The van der Waals surface area contributed by atoms with Crippen LogP contribution in [0.2, 0.25) is 0 Å². The molecule has 1 atom stereocenters.